The van der Waals surface area contributed by atoms with Gasteiger partial charge in [-0.3, -0.25) is 19.4 Å². The van der Waals surface area contributed by atoms with Crippen molar-refractivity contribution in [2.75, 3.05) is 36.5 Å². The number of rotatable bonds is 3. The third-order valence-electron chi connectivity index (χ3n) is 6.43. The second-order valence-electron chi connectivity index (χ2n) is 8.62. The summed E-state index contributed by atoms with van der Waals surface area (Å²) in [5.41, 5.74) is 1.17. The number of halogens is 3. The zero-order valence-electron chi connectivity index (χ0n) is 18.3. The number of hydrogen-bond donors (Lipinski definition) is 1. The van der Waals surface area contributed by atoms with Crippen molar-refractivity contribution in [1.82, 2.24) is 4.90 Å². The lowest BCUT2D eigenvalue weighted by molar-refractivity contribution is -0.158. The molecule has 0 aliphatic carbocycles. The van der Waals surface area contributed by atoms with Crippen LogP contribution in [0.25, 0.3) is 0 Å². The number of para-hydroxylation sites is 2. The lowest BCUT2D eigenvalue weighted by atomic mass is 10.0. The molecule has 1 saturated heterocycles. The fraction of sp³-hybridized carbons (Fsp3) is 0.417. The van der Waals surface area contributed by atoms with Crippen LogP contribution in [0.3, 0.4) is 0 Å². The normalized spacial score (nSPS) is 22.7. The van der Waals surface area contributed by atoms with Crippen LogP contribution < -0.4 is 19.7 Å². The highest BCUT2D eigenvalue weighted by Gasteiger charge is 2.49. The minimum atomic E-state index is -4.76. The predicted octanol–water partition coefficient (Wildman–Crippen LogP) is 3.90. The van der Waals surface area contributed by atoms with E-state index in [1.807, 2.05) is 23.1 Å². The maximum atomic E-state index is 14.0. The van der Waals surface area contributed by atoms with E-state index in [2.05, 4.69) is 5.32 Å². The number of likely N-dealkylation sites (tertiary alicyclic amines) is 1. The zero-order valence-corrected chi connectivity index (χ0v) is 18.3. The monoisotopic (exact) mass is 475 g/mol. The highest BCUT2D eigenvalue weighted by molar-refractivity contribution is 6.05. The van der Waals surface area contributed by atoms with Gasteiger partial charge in [0.05, 0.1) is 24.3 Å². The summed E-state index contributed by atoms with van der Waals surface area (Å²) < 4.78 is 53.2. The summed E-state index contributed by atoms with van der Waals surface area (Å²) in [7, 11) is 0. The van der Waals surface area contributed by atoms with E-state index in [-0.39, 0.29) is 24.0 Å². The lowest BCUT2D eigenvalue weighted by Gasteiger charge is -2.34. The predicted molar refractivity (Wildman–Crippen MR) is 118 cm³/mol. The molecule has 2 aromatic carbocycles. The van der Waals surface area contributed by atoms with Crippen LogP contribution in [0.15, 0.2) is 42.5 Å². The number of carbonyl (C=O) groups excluding carboxylic acids is 2. The number of hydrogen-bond acceptors (Lipinski definition) is 5. The van der Waals surface area contributed by atoms with Gasteiger partial charge in [-0.15, -0.1) is 0 Å². The van der Waals surface area contributed by atoms with Crippen molar-refractivity contribution < 1.29 is 32.2 Å². The molecule has 7 nitrogen and oxygen atoms in total. The Labute approximate surface area is 194 Å². The van der Waals surface area contributed by atoms with Crippen molar-refractivity contribution in [3.05, 3.63) is 48.0 Å². The molecule has 3 aliphatic heterocycles. The number of nitrogens with zero attached hydrogens (tertiary/aromatic N) is 2. The molecule has 1 N–H and O–H groups in total. The molecule has 180 valence electrons. The number of benzene rings is 2. The third kappa shape index (κ3) is 4.29. The number of fused-ring (bicyclic) bond motifs is 2. The SMILES string of the molecule is O=C1C[C@@H](C(F)(F)F)N(C(=O)CN2CCC[C@H]2c2ccc3c(c2)OCCO3)c2ccccc2N1. The van der Waals surface area contributed by atoms with Gasteiger partial charge in [0.15, 0.2) is 11.5 Å². The molecule has 3 heterocycles. The summed E-state index contributed by atoms with van der Waals surface area (Å²) in [5.74, 6) is -0.191. The van der Waals surface area contributed by atoms with Crippen LogP contribution in [-0.2, 0) is 9.59 Å². The fourth-order valence-corrected chi connectivity index (χ4v) is 4.91. The minimum absolute atomic E-state index is 0.0516. The van der Waals surface area contributed by atoms with E-state index in [4.69, 9.17) is 9.47 Å². The van der Waals surface area contributed by atoms with Gasteiger partial charge in [0, 0.05) is 6.04 Å². The first-order valence-corrected chi connectivity index (χ1v) is 11.2. The van der Waals surface area contributed by atoms with Gasteiger partial charge in [0.2, 0.25) is 11.8 Å². The zero-order chi connectivity index (χ0) is 23.9. The number of amides is 2. The van der Waals surface area contributed by atoms with Crippen LogP contribution in [0.5, 0.6) is 11.5 Å². The van der Waals surface area contributed by atoms with Crippen LogP contribution in [0.1, 0.15) is 30.9 Å². The summed E-state index contributed by atoms with van der Waals surface area (Å²) >= 11 is 0. The average Bonchev–Trinajstić information content (AvgIpc) is 3.20. The van der Waals surface area contributed by atoms with Gasteiger partial charge in [-0.05, 0) is 49.2 Å². The van der Waals surface area contributed by atoms with Crippen LogP contribution in [0.4, 0.5) is 24.5 Å². The number of anilines is 2. The topological polar surface area (TPSA) is 71.1 Å². The van der Waals surface area contributed by atoms with Crippen LogP contribution in [0, 0.1) is 0 Å². The van der Waals surface area contributed by atoms with E-state index in [1.54, 1.807) is 12.1 Å². The molecule has 3 aliphatic rings. The first-order valence-electron chi connectivity index (χ1n) is 11.2. The van der Waals surface area contributed by atoms with E-state index >= 15 is 0 Å². The number of nitrogens with one attached hydrogen (secondary N) is 1. The minimum Gasteiger partial charge on any atom is -0.486 e. The Hall–Kier alpha value is -3.27. The molecule has 10 heteroatoms. The van der Waals surface area contributed by atoms with Crippen molar-refractivity contribution >= 4 is 23.2 Å². The van der Waals surface area contributed by atoms with E-state index in [9.17, 15) is 22.8 Å². The van der Waals surface area contributed by atoms with Crippen molar-refractivity contribution in [2.45, 2.75) is 37.5 Å². The fourth-order valence-electron chi connectivity index (χ4n) is 4.91. The van der Waals surface area contributed by atoms with Gasteiger partial charge in [0.1, 0.15) is 19.3 Å². The Morgan fingerprint density at radius 1 is 1.09 bits per heavy atom. The molecular weight excluding hydrogens is 451 g/mol. The quantitative estimate of drug-likeness (QED) is 0.729. The van der Waals surface area contributed by atoms with E-state index in [1.165, 1.54) is 12.1 Å². The second kappa shape index (κ2) is 8.83. The summed E-state index contributed by atoms with van der Waals surface area (Å²) in [6.45, 7) is 1.30. The summed E-state index contributed by atoms with van der Waals surface area (Å²) in [6.07, 6.45) is -4.03. The first kappa shape index (κ1) is 22.5. The van der Waals surface area contributed by atoms with Crippen molar-refractivity contribution in [3.8, 4) is 11.5 Å². The third-order valence-corrected chi connectivity index (χ3v) is 6.43. The molecule has 0 spiro atoms. The molecule has 2 atom stereocenters. The molecule has 0 aromatic heterocycles. The largest absolute Gasteiger partial charge is 0.486 e. The van der Waals surface area contributed by atoms with Gasteiger partial charge < -0.3 is 14.8 Å². The molecule has 0 unspecified atom stereocenters. The number of ether oxygens (including phenoxy) is 2. The summed E-state index contributed by atoms with van der Waals surface area (Å²) in [4.78, 5) is 28.3. The Bertz CT molecular complexity index is 1110. The van der Waals surface area contributed by atoms with Gasteiger partial charge in [0.25, 0.3) is 0 Å². The Morgan fingerprint density at radius 3 is 2.65 bits per heavy atom. The van der Waals surface area contributed by atoms with Crippen molar-refractivity contribution in [3.63, 3.8) is 0 Å². The van der Waals surface area contributed by atoms with Crippen molar-refractivity contribution in [1.29, 1.82) is 0 Å². The Morgan fingerprint density at radius 2 is 1.85 bits per heavy atom. The van der Waals surface area contributed by atoms with Gasteiger partial charge >= 0.3 is 6.18 Å². The maximum absolute atomic E-state index is 14.0. The molecule has 2 aromatic rings. The van der Waals surface area contributed by atoms with E-state index < -0.39 is 30.5 Å². The molecule has 2 amide bonds. The number of alkyl halides is 3. The second-order valence-corrected chi connectivity index (χ2v) is 8.62. The van der Waals surface area contributed by atoms with E-state index in [0.29, 0.717) is 31.3 Å². The average molecular weight is 475 g/mol. The Balaban J connectivity index is 1.43. The molecule has 0 saturated carbocycles. The summed E-state index contributed by atoms with van der Waals surface area (Å²) in [5, 5.41) is 2.49. The smallest absolute Gasteiger partial charge is 0.409 e. The number of carbonyl (C=O) groups is 2. The van der Waals surface area contributed by atoms with Crippen LogP contribution in [-0.4, -0.2) is 55.2 Å². The lowest BCUT2D eigenvalue weighted by Crippen LogP contribution is -2.52. The summed E-state index contributed by atoms with van der Waals surface area (Å²) in [6, 6.07) is 9.33. The molecular formula is C24H24F3N3O4. The van der Waals surface area contributed by atoms with Crippen LogP contribution in [0.2, 0.25) is 0 Å². The maximum Gasteiger partial charge on any atom is 0.409 e. The van der Waals surface area contributed by atoms with Gasteiger partial charge in [-0.1, -0.05) is 18.2 Å². The standard InChI is InChI=1S/C24H24F3N3O4/c25-24(26,27)21-13-22(31)28-16-4-1-2-5-18(16)30(21)23(32)14-29-9-3-6-17(29)15-7-8-19-20(12-15)34-11-10-33-19/h1-2,4-5,7-8,12,17,21H,3,6,9-11,13-14H2,(H,28,31)/t17-,21-/m0/s1. The molecule has 1 fully saturated rings. The van der Waals surface area contributed by atoms with E-state index in [0.717, 1.165) is 23.3 Å². The van der Waals surface area contributed by atoms with Gasteiger partial charge in [-0.25, -0.2) is 0 Å². The first-order chi connectivity index (χ1) is 16.3. The highest BCUT2D eigenvalue weighted by atomic mass is 19.4. The van der Waals surface area contributed by atoms with Crippen molar-refractivity contribution in [2.24, 2.45) is 0 Å². The Kier molecular flexibility index (Phi) is 5.85. The van der Waals surface area contributed by atoms with Crippen LogP contribution >= 0.6 is 0 Å². The molecule has 0 bridgehead atoms. The van der Waals surface area contributed by atoms with Gasteiger partial charge in [-0.2, -0.15) is 13.2 Å². The highest BCUT2D eigenvalue weighted by Crippen LogP contribution is 2.40. The molecule has 5 rings (SSSR count). The molecule has 34 heavy (non-hydrogen) atoms. The molecule has 0 radical (unpaired) electrons.